The Morgan fingerprint density at radius 3 is 2.55 bits per heavy atom. The normalized spacial score (nSPS) is 18.1. The van der Waals surface area contributed by atoms with Crippen molar-refractivity contribution in [2.75, 3.05) is 51.3 Å². The predicted molar refractivity (Wildman–Crippen MR) is 84.8 cm³/mol. The summed E-state index contributed by atoms with van der Waals surface area (Å²) in [6.45, 7) is 11.0. The molecule has 1 aromatic rings. The number of ether oxygens (including phenoxy) is 1. The number of nitrogens with zero attached hydrogens (tertiary/aromatic N) is 2. The molecule has 1 unspecified atom stereocenters. The molecule has 4 heteroatoms. The first kappa shape index (κ1) is 15.1. The molecule has 0 bridgehead atoms. The van der Waals surface area contributed by atoms with Crippen molar-refractivity contribution < 1.29 is 4.74 Å². The first-order valence-corrected chi connectivity index (χ1v) is 7.59. The van der Waals surface area contributed by atoms with Gasteiger partial charge >= 0.3 is 0 Å². The van der Waals surface area contributed by atoms with E-state index in [2.05, 4.69) is 41.1 Å². The van der Waals surface area contributed by atoms with E-state index in [9.17, 15) is 0 Å². The van der Waals surface area contributed by atoms with Gasteiger partial charge in [0.05, 0.1) is 12.8 Å². The van der Waals surface area contributed by atoms with Gasteiger partial charge in [-0.15, -0.1) is 0 Å². The Morgan fingerprint density at radius 2 is 1.90 bits per heavy atom. The molecule has 0 radical (unpaired) electrons. The third kappa shape index (κ3) is 3.64. The van der Waals surface area contributed by atoms with Crippen LogP contribution in [0.3, 0.4) is 0 Å². The van der Waals surface area contributed by atoms with Crippen LogP contribution in [0.4, 0.5) is 5.69 Å². The van der Waals surface area contributed by atoms with E-state index in [4.69, 9.17) is 4.74 Å². The van der Waals surface area contributed by atoms with Crippen LogP contribution in [-0.2, 0) is 0 Å². The molecule has 1 atom stereocenters. The average molecular weight is 277 g/mol. The fourth-order valence-electron chi connectivity index (χ4n) is 2.78. The van der Waals surface area contributed by atoms with Gasteiger partial charge < -0.3 is 15.0 Å². The van der Waals surface area contributed by atoms with Gasteiger partial charge in [-0.1, -0.05) is 19.1 Å². The summed E-state index contributed by atoms with van der Waals surface area (Å²) in [5.41, 5.74) is 1.22. The van der Waals surface area contributed by atoms with Crippen molar-refractivity contribution in [3.63, 3.8) is 0 Å². The minimum Gasteiger partial charge on any atom is -0.495 e. The highest BCUT2D eigenvalue weighted by atomic mass is 16.5. The van der Waals surface area contributed by atoms with Crippen LogP contribution in [0.2, 0.25) is 0 Å². The summed E-state index contributed by atoms with van der Waals surface area (Å²) in [5, 5.41) is 3.43. The van der Waals surface area contributed by atoms with Crippen LogP contribution in [0.25, 0.3) is 0 Å². The molecule has 0 saturated carbocycles. The van der Waals surface area contributed by atoms with Gasteiger partial charge in [-0.25, -0.2) is 0 Å². The number of para-hydroxylation sites is 2. The number of benzene rings is 1. The molecule has 4 nitrogen and oxygen atoms in total. The highest BCUT2D eigenvalue weighted by Crippen LogP contribution is 2.28. The van der Waals surface area contributed by atoms with Crippen molar-refractivity contribution >= 4 is 5.69 Å². The molecule has 0 spiro atoms. The summed E-state index contributed by atoms with van der Waals surface area (Å²) in [6, 6.07) is 8.90. The summed E-state index contributed by atoms with van der Waals surface area (Å²) in [7, 11) is 1.74. The summed E-state index contributed by atoms with van der Waals surface area (Å²) in [5.74, 6) is 0.974. The number of piperazine rings is 1. The van der Waals surface area contributed by atoms with Crippen LogP contribution < -0.4 is 15.0 Å². The van der Waals surface area contributed by atoms with E-state index in [1.807, 2.05) is 12.1 Å². The fraction of sp³-hybridized carbons (Fsp3) is 0.625. The molecule has 2 rings (SSSR count). The number of likely N-dealkylation sites (N-methyl/N-ethyl adjacent to an activating group) is 1. The van der Waals surface area contributed by atoms with Crippen LogP contribution in [-0.4, -0.2) is 57.3 Å². The summed E-state index contributed by atoms with van der Waals surface area (Å²) >= 11 is 0. The maximum Gasteiger partial charge on any atom is 0.142 e. The zero-order valence-electron chi connectivity index (χ0n) is 12.9. The molecule has 0 aromatic heterocycles. The number of rotatable bonds is 6. The van der Waals surface area contributed by atoms with E-state index in [0.717, 1.165) is 45.0 Å². The van der Waals surface area contributed by atoms with E-state index in [1.54, 1.807) is 7.11 Å². The Morgan fingerprint density at radius 1 is 1.20 bits per heavy atom. The Kier molecular flexibility index (Phi) is 5.68. The molecule has 1 saturated heterocycles. The molecule has 1 heterocycles. The third-order valence-electron chi connectivity index (χ3n) is 4.05. The Hall–Kier alpha value is -1.26. The molecular weight excluding hydrogens is 250 g/mol. The van der Waals surface area contributed by atoms with Gasteiger partial charge in [0.2, 0.25) is 0 Å². The van der Waals surface area contributed by atoms with Crippen molar-refractivity contribution in [2.45, 2.75) is 19.9 Å². The molecule has 20 heavy (non-hydrogen) atoms. The van der Waals surface area contributed by atoms with Crippen LogP contribution in [0.15, 0.2) is 24.3 Å². The molecule has 1 aromatic carbocycles. The molecule has 1 fully saturated rings. The van der Waals surface area contributed by atoms with Crippen molar-refractivity contribution in [1.29, 1.82) is 0 Å². The van der Waals surface area contributed by atoms with Crippen molar-refractivity contribution in [3.8, 4) is 5.75 Å². The number of hydrogen-bond donors (Lipinski definition) is 1. The van der Waals surface area contributed by atoms with E-state index >= 15 is 0 Å². The predicted octanol–water partition coefficient (Wildman–Crippen LogP) is 1.82. The molecule has 112 valence electrons. The van der Waals surface area contributed by atoms with Gasteiger partial charge in [0, 0.05) is 38.8 Å². The first-order chi connectivity index (χ1) is 9.76. The molecule has 1 aliphatic rings. The highest BCUT2D eigenvalue weighted by Gasteiger charge is 2.22. The lowest BCUT2D eigenvalue weighted by Crippen LogP contribution is -2.52. The lowest BCUT2D eigenvalue weighted by molar-refractivity contribution is 0.193. The highest BCUT2D eigenvalue weighted by molar-refractivity contribution is 5.58. The van der Waals surface area contributed by atoms with E-state index in [0.29, 0.717) is 6.04 Å². The van der Waals surface area contributed by atoms with Crippen LogP contribution in [0.5, 0.6) is 5.75 Å². The molecule has 0 aliphatic carbocycles. The van der Waals surface area contributed by atoms with Gasteiger partial charge in [-0.3, -0.25) is 4.90 Å². The zero-order valence-corrected chi connectivity index (χ0v) is 12.9. The maximum atomic E-state index is 5.46. The van der Waals surface area contributed by atoms with E-state index < -0.39 is 0 Å². The van der Waals surface area contributed by atoms with Crippen molar-refractivity contribution in [1.82, 2.24) is 10.2 Å². The largest absolute Gasteiger partial charge is 0.495 e. The summed E-state index contributed by atoms with van der Waals surface area (Å²) < 4.78 is 5.46. The molecular formula is C16H27N3O. The second kappa shape index (κ2) is 7.50. The quantitative estimate of drug-likeness (QED) is 0.858. The van der Waals surface area contributed by atoms with Gasteiger partial charge in [0.25, 0.3) is 0 Å². The average Bonchev–Trinajstić information content (AvgIpc) is 2.52. The van der Waals surface area contributed by atoms with Crippen molar-refractivity contribution in [2.24, 2.45) is 0 Å². The van der Waals surface area contributed by atoms with Crippen molar-refractivity contribution in [3.05, 3.63) is 24.3 Å². The number of methoxy groups -OCH3 is 1. The molecule has 1 N–H and O–H groups in total. The minimum atomic E-state index is 0.606. The maximum absolute atomic E-state index is 5.46. The third-order valence-corrected chi connectivity index (χ3v) is 4.05. The second-order valence-corrected chi connectivity index (χ2v) is 5.35. The Balaban J connectivity index is 1.90. The van der Waals surface area contributed by atoms with E-state index in [-0.39, 0.29) is 0 Å². The number of nitrogens with one attached hydrogen (secondary N) is 1. The lowest BCUT2D eigenvalue weighted by atomic mass is 10.2. The fourth-order valence-corrected chi connectivity index (χ4v) is 2.78. The molecule has 0 amide bonds. The van der Waals surface area contributed by atoms with Crippen LogP contribution in [0, 0.1) is 0 Å². The van der Waals surface area contributed by atoms with E-state index in [1.165, 1.54) is 5.69 Å². The smallest absolute Gasteiger partial charge is 0.142 e. The summed E-state index contributed by atoms with van der Waals surface area (Å²) in [6.07, 6.45) is 0. The number of anilines is 1. The van der Waals surface area contributed by atoms with Gasteiger partial charge in [0.1, 0.15) is 5.75 Å². The zero-order chi connectivity index (χ0) is 14.4. The van der Waals surface area contributed by atoms with Crippen LogP contribution in [0.1, 0.15) is 13.8 Å². The van der Waals surface area contributed by atoms with Gasteiger partial charge in [-0.2, -0.15) is 0 Å². The Labute approximate surface area is 122 Å². The monoisotopic (exact) mass is 277 g/mol. The standard InChI is InChI=1S/C16H27N3O/c1-4-17-13-14(2)18-9-11-19(12-10-18)15-7-5-6-8-16(15)20-3/h5-8,14,17H,4,9-13H2,1-3H3. The topological polar surface area (TPSA) is 27.7 Å². The second-order valence-electron chi connectivity index (χ2n) is 5.35. The van der Waals surface area contributed by atoms with Crippen LogP contribution >= 0.6 is 0 Å². The lowest BCUT2D eigenvalue weighted by Gasteiger charge is -2.39. The Bertz CT molecular complexity index is 402. The summed E-state index contributed by atoms with van der Waals surface area (Å²) in [4.78, 5) is 4.99. The first-order valence-electron chi connectivity index (χ1n) is 7.59. The van der Waals surface area contributed by atoms with Gasteiger partial charge in [0.15, 0.2) is 0 Å². The number of hydrogen-bond acceptors (Lipinski definition) is 4. The SMILES string of the molecule is CCNCC(C)N1CCN(c2ccccc2OC)CC1. The molecule has 1 aliphatic heterocycles. The minimum absolute atomic E-state index is 0.606. The van der Waals surface area contributed by atoms with Gasteiger partial charge in [-0.05, 0) is 25.6 Å².